The molecule has 0 amide bonds. The molecule has 5 heteroatoms. The summed E-state index contributed by atoms with van der Waals surface area (Å²) in [6.07, 6.45) is 6.17. The molecule has 0 aromatic heterocycles. The summed E-state index contributed by atoms with van der Waals surface area (Å²) in [7, 11) is 0. The Morgan fingerprint density at radius 3 is 2.68 bits per heavy atom. The molecule has 1 N–H and O–H groups in total. The van der Waals surface area contributed by atoms with Gasteiger partial charge in [0.1, 0.15) is 5.69 Å². The number of hydrogen-bond donors (Lipinski definition) is 1. The Morgan fingerprint density at radius 1 is 1.37 bits per heavy atom. The average Bonchev–Trinajstić information content (AvgIpc) is 2.38. The highest BCUT2D eigenvalue weighted by atomic mass is 35.5. The van der Waals surface area contributed by atoms with Crippen LogP contribution in [0.25, 0.3) is 0 Å². The SMILES string of the molecule is CC1(CNc2ccc(Cl)cc2[N+](=O)[O-])CCCCC1. The first-order chi connectivity index (χ1) is 9.00. The predicted octanol–water partition coefficient (Wildman–Crippen LogP) is 4.63. The van der Waals surface area contributed by atoms with Crippen LogP contribution in [-0.4, -0.2) is 11.5 Å². The Bertz CT molecular complexity index is 471. The molecule has 19 heavy (non-hydrogen) atoms. The first-order valence-corrected chi connectivity index (χ1v) is 7.06. The van der Waals surface area contributed by atoms with Crippen molar-refractivity contribution in [3.63, 3.8) is 0 Å². The van der Waals surface area contributed by atoms with Crippen LogP contribution in [-0.2, 0) is 0 Å². The molecule has 0 heterocycles. The molecular formula is C14H19ClN2O2. The van der Waals surface area contributed by atoms with E-state index in [9.17, 15) is 10.1 Å². The van der Waals surface area contributed by atoms with Crippen LogP contribution in [0.4, 0.5) is 11.4 Å². The molecule has 0 bridgehead atoms. The second kappa shape index (κ2) is 5.78. The van der Waals surface area contributed by atoms with Crippen LogP contribution in [0.2, 0.25) is 5.02 Å². The van der Waals surface area contributed by atoms with E-state index in [0.29, 0.717) is 10.7 Å². The maximum Gasteiger partial charge on any atom is 0.293 e. The van der Waals surface area contributed by atoms with Gasteiger partial charge in [-0.3, -0.25) is 10.1 Å². The van der Waals surface area contributed by atoms with Gasteiger partial charge in [0.25, 0.3) is 5.69 Å². The summed E-state index contributed by atoms with van der Waals surface area (Å²) in [5.41, 5.74) is 0.847. The number of anilines is 1. The van der Waals surface area contributed by atoms with Crippen molar-refractivity contribution in [1.82, 2.24) is 0 Å². The predicted molar refractivity (Wildman–Crippen MR) is 77.8 cm³/mol. The number of halogens is 1. The number of benzene rings is 1. The van der Waals surface area contributed by atoms with E-state index in [1.54, 1.807) is 12.1 Å². The summed E-state index contributed by atoms with van der Waals surface area (Å²) in [4.78, 5) is 10.6. The van der Waals surface area contributed by atoms with E-state index < -0.39 is 4.92 Å². The molecule has 0 unspecified atom stereocenters. The fourth-order valence-corrected chi connectivity index (χ4v) is 2.86. The largest absolute Gasteiger partial charge is 0.379 e. The molecule has 0 atom stereocenters. The minimum Gasteiger partial charge on any atom is -0.379 e. The van der Waals surface area contributed by atoms with Gasteiger partial charge >= 0.3 is 0 Å². The van der Waals surface area contributed by atoms with Crippen molar-refractivity contribution in [3.05, 3.63) is 33.3 Å². The highest BCUT2D eigenvalue weighted by molar-refractivity contribution is 6.30. The van der Waals surface area contributed by atoms with Gasteiger partial charge in [-0.15, -0.1) is 0 Å². The van der Waals surface area contributed by atoms with Gasteiger partial charge in [0.15, 0.2) is 0 Å². The molecule has 1 aromatic rings. The van der Waals surface area contributed by atoms with Crippen molar-refractivity contribution in [1.29, 1.82) is 0 Å². The van der Waals surface area contributed by atoms with Crippen LogP contribution in [0.3, 0.4) is 0 Å². The molecule has 0 aliphatic heterocycles. The summed E-state index contributed by atoms with van der Waals surface area (Å²) in [6, 6.07) is 4.76. The van der Waals surface area contributed by atoms with Crippen LogP contribution >= 0.6 is 11.6 Å². The second-order valence-corrected chi connectivity index (χ2v) is 6.08. The zero-order valence-corrected chi connectivity index (χ0v) is 11.9. The van der Waals surface area contributed by atoms with Gasteiger partial charge in [0.2, 0.25) is 0 Å². The third-order valence-corrected chi connectivity index (χ3v) is 4.16. The molecule has 0 saturated heterocycles. The van der Waals surface area contributed by atoms with Crippen LogP contribution in [0.5, 0.6) is 0 Å². The minimum absolute atomic E-state index is 0.0481. The Labute approximate surface area is 118 Å². The maximum absolute atomic E-state index is 11.0. The lowest BCUT2D eigenvalue weighted by Gasteiger charge is -2.33. The molecule has 1 aliphatic carbocycles. The molecule has 1 aliphatic rings. The number of hydrogen-bond acceptors (Lipinski definition) is 3. The minimum atomic E-state index is -0.391. The van der Waals surface area contributed by atoms with Gasteiger partial charge in [0.05, 0.1) is 4.92 Å². The van der Waals surface area contributed by atoms with Crippen LogP contribution in [0.1, 0.15) is 39.0 Å². The van der Waals surface area contributed by atoms with E-state index >= 15 is 0 Å². The van der Waals surface area contributed by atoms with E-state index in [2.05, 4.69) is 12.2 Å². The Hall–Kier alpha value is -1.29. The van der Waals surface area contributed by atoms with Crippen LogP contribution < -0.4 is 5.32 Å². The highest BCUT2D eigenvalue weighted by Crippen LogP contribution is 2.37. The van der Waals surface area contributed by atoms with Crippen molar-refractivity contribution in [2.75, 3.05) is 11.9 Å². The molecule has 4 nitrogen and oxygen atoms in total. The Kier molecular flexibility index (Phi) is 4.30. The van der Waals surface area contributed by atoms with Gasteiger partial charge in [-0.1, -0.05) is 37.8 Å². The van der Waals surface area contributed by atoms with Gasteiger partial charge in [-0.05, 0) is 30.4 Å². The lowest BCUT2D eigenvalue weighted by molar-refractivity contribution is -0.383. The Balaban J connectivity index is 2.08. The molecule has 1 saturated carbocycles. The molecule has 0 radical (unpaired) electrons. The van der Waals surface area contributed by atoms with E-state index in [1.807, 2.05) is 0 Å². The summed E-state index contributed by atoms with van der Waals surface area (Å²) in [5.74, 6) is 0. The zero-order valence-electron chi connectivity index (χ0n) is 11.1. The first-order valence-electron chi connectivity index (χ1n) is 6.68. The standard InChI is InChI=1S/C14H19ClN2O2/c1-14(7-3-2-4-8-14)10-16-12-6-5-11(15)9-13(12)17(18)19/h5-6,9,16H,2-4,7-8,10H2,1H3. The third kappa shape index (κ3) is 3.60. The quantitative estimate of drug-likeness (QED) is 0.647. The molecule has 0 spiro atoms. The average molecular weight is 283 g/mol. The van der Waals surface area contributed by atoms with Gasteiger partial charge < -0.3 is 5.32 Å². The van der Waals surface area contributed by atoms with Gasteiger partial charge in [0, 0.05) is 17.6 Å². The van der Waals surface area contributed by atoms with Gasteiger partial charge in [-0.25, -0.2) is 0 Å². The van der Waals surface area contributed by atoms with Crippen LogP contribution in [0, 0.1) is 15.5 Å². The molecular weight excluding hydrogens is 264 g/mol. The van der Waals surface area contributed by atoms with E-state index in [-0.39, 0.29) is 11.1 Å². The smallest absolute Gasteiger partial charge is 0.293 e. The molecule has 1 fully saturated rings. The third-order valence-electron chi connectivity index (χ3n) is 3.92. The number of nitrogens with zero attached hydrogens (tertiary/aromatic N) is 1. The fourth-order valence-electron chi connectivity index (χ4n) is 2.70. The van der Waals surface area contributed by atoms with Crippen molar-refractivity contribution in [3.8, 4) is 0 Å². The van der Waals surface area contributed by atoms with E-state index in [1.165, 1.54) is 38.2 Å². The van der Waals surface area contributed by atoms with Crippen molar-refractivity contribution >= 4 is 23.0 Å². The maximum atomic E-state index is 11.0. The number of nitrogens with one attached hydrogen (secondary N) is 1. The monoisotopic (exact) mass is 282 g/mol. The lowest BCUT2D eigenvalue weighted by atomic mass is 9.76. The zero-order chi connectivity index (χ0) is 13.9. The topological polar surface area (TPSA) is 55.2 Å². The number of rotatable bonds is 4. The highest BCUT2D eigenvalue weighted by Gasteiger charge is 2.27. The van der Waals surface area contributed by atoms with Crippen molar-refractivity contribution < 1.29 is 4.92 Å². The lowest BCUT2D eigenvalue weighted by Crippen LogP contribution is -2.29. The molecule has 104 valence electrons. The summed E-state index contributed by atoms with van der Waals surface area (Å²) >= 11 is 5.80. The summed E-state index contributed by atoms with van der Waals surface area (Å²) < 4.78 is 0. The number of nitro benzene ring substituents is 1. The normalized spacial score (nSPS) is 18.0. The fraction of sp³-hybridized carbons (Fsp3) is 0.571. The first kappa shape index (κ1) is 14.1. The second-order valence-electron chi connectivity index (χ2n) is 5.64. The van der Waals surface area contributed by atoms with Crippen LogP contribution in [0.15, 0.2) is 18.2 Å². The van der Waals surface area contributed by atoms with E-state index in [0.717, 1.165) is 6.54 Å². The molecule has 2 rings (SSSR count). The van der Waals surface area contributed by atoms with Gasteiger partial charge in [-0.2, -0.15) is 0 Å². The van der Waals surface area contributed by atoms with E-state index in [4.69, 9.17) is 11.6 Å². The number of nitro groups is 1. The summed E-state index contributed by atoms with van der Waals surface area (Å²) in [6.45, 7) is 3.02. The molecule has 1 aromatic carbocycles. The summed E-state index contributed by atoms with van der Waals surface area (Å²) in [5, 5.41) is 14.6. The Morgan fingerprint density at radius 2 is 2.05 bits per heavy atom. The van der Waals surface area contributed by atoms with Crippen molar-refractivity contribution in [2.45, 2.75) is 39.0 Å². The van der Waals surface area contributed by atoms with Crippen molar-refractivity contribution in [2.24, 2.45) is 5.41 Å².